The molecule has 27 heavy (non-hydrogen) atoms. The van der Waals surface area contributed by atoms with Gasteiger partial charge in [-0.25, -0.2) is 8.42 Å². The zero-order chi connectivity index (χ0) is 19.9. The maximum atomic E-state index is 12.2. The standard InChI is InChI=1S/C18H22N2O6S/c1-4-26-14-6-8-15(9-7-14)27(22,23)20-19-18(21)12-13-5-10-16(24-2)17(11-13)25-3/h5-11,20H,4,12H2,1-3H3,(H,19,21). The van der Waals surface area contributed by atoms with Crippen LogP contribution in [0.3, 0.4) is 0 Å². The van der Waals surface area contributed by atoms with Crippen molar-refractivity contribution < 1.29 is 27.4 Å². The van der Waals surface area contributed by atoms with Gasteiger partial charge in [-0.2, -0.15) is 0 Å². The molecule has 2 N–H and O–H groups in total. The van der Waals surface area contributed by atoms with Crippen LogP contribution in [-0.2, 0) is 21.2 Å². The topological polar surface area (TPSA) is 103 Å². The lowest BCUT2D eigenvalue weighted by Crippen LogP contribution is -2.42. The second kappa shape index (κ2) is 9.24. The fourth-order valence-corrected chi connectivity index (χ4v) is 3.15. The van der Waals surface area contributed by atoms with Crippen LogP contribution in [0.5, 0.6) is 17.2 Å². The Balaban J connectivity index is 1.97. The molecule has 0 aliphatic heterocycles. The van der Waals surface area contributed by atoms with Crippen molar-refractivity contribution in [3.05, 3.63) is 48.0 Å². The Kier molecular flexibility index (Phi) is 7.03. The number of ether oxygens (including phenoxy) is 3. The zero-order valence-electron chi connectivity index (χ0n) is 15.3. The van der Waals surface area contributed by atoms with Crippen LogP contribution < -0.4 is 24.5 Å². The van der Waals surface area contributed by atoms with E-state index in [2.05, 4.69) is 10.3 Å². The van der Waals surface area contributed by atoms with Crippen molar-refractivity contribution >= 4 is 15.9 Å². The second-order valence-electron chi connectivity index (χ2n) is 5.42. The lowest BCUT2D eigenvalue weighted by atomic mass is 10.1. The van der Waals surface area contributed by atoms with Crippen molar-refractivity contribution in [2.24, 2.45) is 0 Å². The lowest BCUT2D eigenvalue weighted by Gasteiger charge is -2.11. The third-order valence-electron chi connectivity index (χ3n) is 3.58. The molecule has 0 bridgehead atoms. The van der Waals surface area contributed by atoms with Crippen LogP contribution in [0.2, 0.25) is 0 Å². The molecule has 0 radical (unpaired) electrons. The molecule has 8 nitrogen and oxygen atoms in total. The lowest BCUT2D eigenvalue weighted by molar-refractivity contribution is -0.120. The van der Waals surface area contributed by atoms with Crippen molar-refractivity contribution in [3.8, 4) is 17.2 Å². The van der Waals surface area contributed by atoms with Crippen LogP contribution in [0.15, 0.2) is 47.4 Å². The highest BCUT2D eigenvalue weighted by Gasteiger charge is 2.16. The van der Waals surface area contributed by atoms with E-state index in [9.17, 15) is 13.2 Å². The number of hydrogen-bond acceptors (Lipinski definition) is 6. The van der Waals surface area contributed by atoms with Gasteiger partial charge in [0.05, 0.1) is 32.1 Å². The van der Waals surface area contributed by atoms with E-state index >= 15 is 0 Å². The Labute approximate surface area is 158 Å². The van der Waals surface area contributed by atoms with Crippen molar-refractivity contribution in [1.29, 1.82) is 0 Å². The number of carbonyl (C=O) groups is 1. The van der Waals surface area contributed by atoms with Crippen molar-refractivity contribution in [3.63, 3.8) is 0 Å². The monoisotopic (exact) mass is 394 g/mol. The summed E-state index contributed by atoms with van der Waals surface area (Å²) >= 11 is 0. The molecule has 2 aromatic carbocycles. The average Bonchev–Trinajstić information content (AvgIpc) is 2.67. The van der Waals surface area contributed by atoms with Gasteiger partial charge in [-0.15, -0.1) is 4.83 Å². The molecule has 0 aliphatic rings. The number of carbonyl (C=O) groups excluding carboxylic acids is 1. The van der Waals surface area contributed by atoms with E-state index in [1.807, 2.05) is 6.92 Å². The Morgan fingerprint density at radius 2 is 1.67 bits per heavy atom. The maximum Gasteiger partial charge on any atom is 0.257 e. The third kappa shape index (κ3) is 5.60. The zero-order valence-corrected chi connectivity index (χ0v) is 16.1. The van der Waals surface area contributed by atoms with Crippen LogP contribution in [0.1, 0.15) is 12.5 Å². The van der Waals surface area contributed by atoms with Gasteiger partial charge in [0.25, 0.3) is 10.0 Å². The van der Waals surface area contributed by atoms with Crippen LogP contribution in [0.4, 0.5) is 0 Å². The number of amides is 1. The van der Waals surface area contributed by atoms with E-state index < -0.39 is 15.9 Å². The summed E-state index contributed by atoms with van der Waals surface area (Å²) in [4.78, 5) is 14.1. The number of nitrogens with one attached hydrogen (secondary N) is 2. The van der Waals surface area contributed by atoms with Gasteiger partial charge in [-0.05, 0) is 48.9 Å². The van der Waals surface area contributed by atoms with Gasteiger partial charge in [-0.3, -0.25) is 10.2 Å². The SMILES string of the molecule is CCOc1ccc(S(=O)(=O)NNC(=O)Cc2ccc(OC)c(OC)c2)cc1. The number of hydrazine groups is 1. The Bertz CT molecular complexity index is 881. The highest BCUT2D eigenvalue weighted by molar-refractivity contribution is 7.89. The minimum Gasteiger partial charge on any atom is -0.494 e. The Morgan fingerprint density at radius 3 is 2.26 bits per heavy atom. The summed E-state index contributed by atoms with van der Waals surface area (Å²) in [6, 6.07) is 10.9. The van der Waals surface area contributed by atoms with E-state index in [-0.39, 0.29) is 11.3 Å². The van der Waals surface area contributed by atoms with Crippen LogP contribution in [0.25, 0.3) is 0 Å². The van der Waals surface area contributed by atoms with Gasteiger partial charge in [0, 0.05) is 0 Å². The van der Waals surface area contributed by atoms with E-state index in [1.54, 1.807) is 30.3 Å². The fraction of sp³-hybridized carbons (Fsp3) is 0.278. The van der Waals surface area contributed by atoms with Crippen molar-refractivity contribution in [1.82, 2.24) is 10.3 Å². The molecule has 2 aromatic rings. The first kappa shape index (κ1) is 20.5. The van der Waals surface area contributed by atoms with E-state index in [1.165, 1.54) is 26.4 Å². The number of hydrogen-bond donors (Lipinski definition) is 2. The molecule has 2 rings (SSSR count). The smallest absolute Gasteiger partial charge is 0.257 e. The van der Waals surface area contributed by atoms with Crippen LogP contribution in [0, 0.1) is 0 Å². The summed E-state index contributed by atoms with van der Waals surface area (Å²) in [5, 5.41) is 0. The summed E-state index contributed by atoms with van der Waals surface area (Å²) in [5.41, 5.74) is 2.84. The maximum absolute atomic E-state index is 12.2. The highest BCUT2D eigenvalue weighted by atomic mass is 32.2. The molecular weight excluding hydrogens is 372 g/mol. The summed E-state index contributed by atoms with van der Waals surface area (Å²) in [6.45, 7) is 2.32. The van der Waals surface area contributed by atoms with E-state index in [0.29, 0.717) is 29.4 Å². The van der Waals surface area contributed by atoms with Gasteiger partial charge in [0.1, 0.15) is 5.75 Å². The Morgan fingerprint density at radius 1 is 1.00 bits per heavy atom. The molecule has 0 spiro atoms. The normalized spacial score (nSPS) is 10.9. The molecule has 0 aliphatic carbocycles. The average molecular weight is 394 g/mol. The van der Waals surface area contributed by atoms with E-state index in [0.717, 1.165) is 0 Å². The van der Waals surface area contributed by atoms with Crippen LogP contribution in [-0.4, -0.2) is 35.2 Å². The van der Waals surface area contributed by atoms with Gasteiger partial charge in [0.2, 0.25) is 5.91 Å². The Hall–Kier alpha value is -2.78. The van der Waals surface area contributed by atoms with Crippen molar-refractivity contribution in [2.75, 3.05) is 20.8 Å². The highest BCUT2D eigenvalue weighted by Crippen LogP contribution is 2.27. The number of methoxy groups -OCH3 is 2. The summed E-state index contributed by atoms with van der Waals surface area (Å²) < 4.78 is 40.1. The third-order valence-corrected chi connectivity index (χ3v) is 4.85. The molecule has 0 heterocycles. The molecule has 0 fully saturated rings. The van der Waals surface area contributed by atoms with Gasteiger partial charge in [0.15, 0.2) is 11.5 Å². The molecule has 0 saturated heterocycles. The molecular formula is C18H22N2O6S. The second-order valence-corrected chi connectivity index (χ2v) is 7.11. The molecule has 0 aromatic heterocycles. The first-order valence-electron chi connectivity index (χ1n) is 8.14. The summed E-state index contributed by atoms with van der Waals surface area (Å²) in [6.07, 6.45) is -0.0356. The quantitative estimate of drug-likeness (QED) is 0.627. The summed E-state index contributed by atoms with van der Waals surface area (Å²) in [5.74, 6) is 1.07. The van der Waals surface area contributed by atoms with Gasteiger partial charge >= 0.3 is 0 Å². The largest absolute Gasteiger partial charge is 0.494 e. The fourth-order valence-electron chi connectivity index (χ4n) is 2.28. The molecule has 9 heteroatoms. The van der Waals surface area contributed by atoms with Crippen molar-refractivity contribution in [2.45, 2.75) is 18.2 Å². The van der Waals surface area contributed by atoms with Gasteiger partial charge < -0.3 is 14.2 Å². The van der Waals surface area contributed by atoms with Crippen LogP contribution >= 0.6 is 0 Å². The molecule has 0 atom stereocenters. The number of sulfonamides is 1. The predicted molar refractivity (Wildman–Crippen MR) is 99.3 cm³/mol. The minimum absolute atomic E-state index is 0.0115. The number of benzene rings is 2. The molecule has 0 saturated carbocycles. The first-order valence-corrected chi connectivity index (χ1v) is 9.62. The number of rotatable bonds is 9. The van der Waals surface area contributed by atoms with E-state index in [4.69, 9.17) is 14.2 Å². The van der Waals surface area contributed by atoms with Gasteiger partial charge in [-0.1, -0.05) is 6.07 Å². The first-order chi connectivity index (χ1) is 12.9. The summed E-state index contributed by atoms with van der Waals surface area (Å²) in [7, 11) is -0.878. The molecule has 1 amide bonds. The molecule has 0 unspecified atom stereocenters. The molecule has 146 valence electrons. The minimum atomic E-state index is -3.89. The predicted octanol–water partition coefficient (Wildman–Crippen LogP) is 1.65.